The largest absolute Gasteiger partial charge is 0.489 e. The van der Waals surface area contributed by atoms with Gasteiger partial charge in [-0.1, -0.05) is 48.6 Å². The normalized spacial score (nSPS) is 27.7. The van der Waals surface area contributed by atoms with Gasteiger partial charge in [-0.15, -0.1) is 6.58 Å². The van der Waals surface area contributed by atoms with Crippen molar-refractivity contribution in [2.45, 2.75) is 30.9 Å². The van der Waals surface area contributed by atoms with Crippen molar-refractivity contribution in [2.24, 2.45) is 0 Å². The fourth-order valence-corrected chi connectivity index (χ4v) is 2.82. The summed E-state index contributed by atoms with van der Waals surface area (Å²) in [4.78, 5) is 0. The Morgan fingerprint density at radius 2 is 2.25 bits per heavy atom. The summed E-state index contributed by atoms with van der Waals surface area (Å²) in [5, 5.41) is 3.60. The Morgan fingerprint density at radius 1 is 1.35 bits per heavy atom. The zero-order valence-corrected chi connectivity index (χ0v) is 11.7. The summed E-state index contributed by atoms with van der Waals surface area (Å²) in [5.74, 6) is 1.04. The Labute approximate surface area is 120 Å². The molecule has 1 aliphatic carbocycles. The molecule has 1 aromatic carbocycles. The summed E-state index contributed by atoms with van der Waals surface area (Å²) in [6.07, 6.45) is 13.9. The molecular weight excluding hydrogens is 246 g/mol. The highest BCUT2D eigenvalue weighted by atomic mass is 16.5. The summed E-state index contributed by atoms with van der Waals surface area (Å²) in [6.45, 7) is 4.81. The summed E-state index contributed by atoms with van der Waals surface area (Å²) in [5.41, 5.74) is 1.21. The molecule has 2 atom stereocenters. The number of fused-ring (bicyclic) bond motifs is 1. The fourth-order valence-electron chi connectivity index (χ4n) is 2.82. The molecule has 0 aromatic heterocycles. The number of ether oxygens (including phenoxy) is 1. The lowest BCUT2D eigenvalue weighted by Gasteiger charge is -2.33. The van der Waals surface area contributed by atoms with Crippen LogP contribution in [0.1, 0.15) is 18.4 Å². The van der Waals surface area contributed by atoms with Crippen LogP contribution in [0.25, 0.3) is 0 Å². The van der Waals surface area contributed by atoms with Gasteiger partial charge >= 0.3 is 0 Å². The van der Waals surface area contributed by atoms with Gasteiger partial charge in [0, 0.05) is 6.54 Å². The third kappa shape index (κ3) is 2.70. The summed E-state index contributed by atoms with van der Waals surface area (Å²) in [7, 11) is 0. The van der Waals surface area contributed by atoms with Crippen LogP contribution < -0.4 is 10.1 Å². The first kappa shape index (κ1) is 13.2. The maximum absolute atomic E-state index is 6.07. The van der Waals surface area contributed by atoms with E-state index in [1.54, 1.807) is 0 Å². The molecule has 1 heterocycles. The van der Waals surface area contributed by atoms with Gasteiger partial charge in [0.1, 0.15) is 11.9 Å². The lowest BCUT2D eigenvalue weighted by Crippen LogP contribution is -2.47. The molecule has 20 heavy (non-hydrogen) atoms. The maximum Gasteiger partial charge on any atom is 0.122 e. The molecule has 0 radical (unpaired) electrons. The Morgan fingerprint density at radius 3 is 3.05 bits per heavy atom. The highest BCUT2D eigenvalue weighted by molar-refractivity contribution is 5.35. The van der Waals surface area contributed by atoms with E-state index < -0.39 is 0 Å². The van der Waals surface area contributed by atoms with Crippen molar-refractivity contribution in [3.63, 3.8) is 0 Å². The second-order valence-corrected chi connectivity index (χ2v) is 5.50. The average Bonchev–Trinajstić information content (AvgIpc) is 2.54. The SMILES string of the molecule is C=C[C@]1(NCC2CCc3ccccc3O2)C=CC=CC1. The first-order valence-corrected chi connectivity index (χ1v) is 7.29. The molecule has 104 valence electrons. The third-order valence-corrected chi connectivity index (χ3v) is 4.12. The third-order valence-electron chi connectivity index (χ3n) is 4.12. The van der Waals surface area contributed by atoms with Crippen molar-refractivity contribution < 1.29 is 4.74 Å². The molecular formula is C18H21NO. The molecule has 0 saturated heterocycles. The quantitative estimate of drug-likeness (QED) is 0.844. The van der Waals surface area contributed by atoms with Crippen LogP contribution in [0.15, 0.2) is 61.2 Å². The van der Waals surface area contributed by atoms with Crippen LogP contribution >= 0.6 is 0 Å². The zero-order chi connectivity index (χ0) is 13.8. The van der Waals surface area contributed by atoms with Crippen molar-refractivity contribution in [1.82, 2.24) is 5.32 Å². The standard InChI is InChI=1S/C18H21NO/c1-2-18(12-6-3-7-13-18)19-14-16-11-10-15-8-4-5-9-17(15)20-16/h2-9,12,16,19H,1,10-11,13-14H2/t16?,18-/m0/s1. The van der Waals surface area contributed by atoms with E-state index in [1.165, 1.54) is 5.56 Å². The highest BCUT2D eigenvalue weighted by Crippen LogP contribution is 2.27. The predicted molar refractivity (Wildman–Crippen MR) is 83.0 cm³/mol. The number of hydrogen-bond donors (Lipinski definition) is 1. The minimum atomic E-state index is -0.116. The minimum absolute atomic E-state index is 0.116. The zero-order valence-electron chi connectivity index (χ0n) is 11.7. The van der Waals surface area contributed by atoms with Gasteiger partial charge < -0.3 is 10.1 Å². The van der Waals surface area contributed by atoms with Gasteiger partial charge in [0.25, 0.3) is 0 Å². The van der Waals surface area contributed by atoms with Crippen LogP contribution in [-0.2, 0) is 6.42 Å². The second-order valence-electron chi connectivity index (χ2n) is 5.50. The first-order valence-electron chi connectivity index (χ1n) is 7.29. The van der Waals surface area contributed by atoms with Crippen LogP contribution in [0, 0.1) is 0 Å². The van der Waals surface area contributed by atoms with E-state index in [-0.39, 0.29) is 11.6 Å². The number of hydrogen-bond acceptors (Lipinski definition) is 2. The van der Waals surface area contributed by atoms with E-state index in [4.69, 9.17) is 4.74 Å². The lowest BCUT2D eigenvalue weighted by molar-refractivity contribution is 0.164. The van der Waals surface area contributed by atoms with Gasteiger partial charge in [-0.25, -0.2) is 0 Å². The first-order chi connectivity index (χ1) is 9.81. The average molecular weight is 267 g/mol. The predicted octanol–water partition coefficient (Wildman–Crippen LogP) is 3.41. The molecule has 1 aliphatic heterocycles. The molecule has 0 fully saturated rings. The Hall–Kier alpha value is -1.80. The molecule has 3 rings (SSSR count). The molecule has 2 aliphatic rings. The van der Waals surface area contributed by atoms with Gasteiger partial charge in [-0.3, -0.25) is 0 Å². The van der Waals surface area contributed by atoms with Crippen molar-refractivity contribution in [3.05, 3.63) is 66.8 Å². The number of rotatable bonds is 4. The Balaban J connectivity index is 1.61. The van der Waals surface area contributed by atoms with Gasteiger partial charge in [0.2, 0.25) is 0 Å². The van der Waals surface area contributed by atoms with Crippen LogP contribution in [0.5, 0.6) is 5.75 Å². The van der Waals surface area contributed by atoms with E-state index >= 15 is 0 Å². The Kier molecular flexibility index (Phi) is 3.75. The topological polar surface area (TPSA) is 21.3 Å². The molecule has 2 heteroatoms. The number of aryl methyl sites for hydroxylation is 1. The van der Waals surface area contributed by atoms with Crippen molar-refractivity contribution in [1.29, 1.82) is 0 Å². The smallest absolute Gasteiger partial charge is 0.122 e. The van der Waals surface area contributed by atoms with Gasteiger partial charge in [-0.2, -0.15) is 0 Å². The number of allylic oxidation sites excluding steroid dienone is 2. The van der Waals surface area contributed by atoms with Crippen molar-refractivity contribution in [3.8, 4) is 5.75 Å². The molecule has 0 bridgehead atoms. The van der Waals surface area contributed by atoms with E-state index in [2.05, 4.69) is 54.4 Å². The van der Waals surface area contributed by atoms with Crippen molar-refractivity contribution >= 4 is 0 Å². The highest BCUT2D eigenvalue weighted by Gasteiger charge is 2.26. The monoisotopic (exact) mass is 267 g/mol. The lowest BCUT2D eigenvalue weighted by atomic mass is 9.91. The maximum atomic E-state index is 6.07. The molecule has 1 N–H and O–H groups in total. The molecule has 1 aromatic rings. The summed E-state index contributed by atoms with van der Waals surface area (Å²) >= 11 is 0. The number of benzene rings is 1. The summed E-state index contributed by atoms with van der Waals surface area (Å²) < 4.78 is 6.07. The number of nitrogens with one attached hydrogen (secondary N) is 1. The van der Waals surface area contributed by atoms with Crippen LogP contribution in [0.2, 0.25) is 0 Å². The van der Waals surface area contributed by atoms with E-state index in [9.17, 15) is 0 Å². The molecule has 0 amide bonds. The molecule has 0 saturated carbocycles. The van der Waals surface area contributed by atoms with Gasteiger partial charge in [0.05, 0.1) is 5.54 Å². The molecule has 2 nitrogen and oxygen atoms in total. The van der Waals surface area contributed by atoms with E-state index in [0.29, 0.717) is 0 Å². The van der Waals surface area contributed by atoms with E-state index in [0.717, 1.165) is 31.6 Å². The minimum Gasteiger partial charge on any atom is -0.489 e. The van der Waals surface area contributed by atoms with Gasteiger partial charge in [0.15, 0.2) is 0 Å². The van der Waals surface area contributed by atoms with Crippen molar-refractivity contribution in [2.75, 3.05) is 6.54 Å². The fraction of sp³-hybridized carbons (Fsp3) is 0.333. The van der Waals surface area contributed by atoms with Crippen LogP contribution in [0.3, 0.4) is 0 Å². The summed E-state index contributed by atoms with van der Waals surface area (Å²) in [6, 6.07) is 8.33. The number of para-hydroxylation sites is 1. The van der Waals surface area contributed by atoms with Gasteiger partial charge in [-0.05, 0) is 30.9 Å². The van der Waals surface area contributed by atoms with Crippen LogP contribution in [0.4, 0.5) is 0 Å². The second kappa shape index (κ2) is 5.68. The van der Waals surface area contributed by atoms with Crippen LogP contribution in [-0.4, -0.2) is 18.2 Å². The molecule has 0 spiro atoms. The Bertz CT molecular complexity index is 546. The molecule has 1 unspecified atom stereocenters. The van der Waals surface area contributed by atoms with E-state index in [1.807, 2.05) is 12.1 Å².